The number of aromatic nitrogens is 2. The van der Waals surface area contributed by atoms with Gasteiger partial charge in [-0.1, -0.05) is 11.6 Å². The molecular weight excluding hydrogens is 306 g/mol. The van der Waals surface area contributed by atoms with Crippen LogP contribution in [0, 0.1) is 20.8 Å². The number of hydrogen-bond acceptors (Lipinski definition) is 4. The van der Waals surface area contributed by atoms with Gasteiger partial charge >= 0.3 is 0 Å². The molecule has 1 aromatic carbocycles. The molecule has 5 heteroatoms. The van der Waals surface area contributed by atoms with Crippen LogP contribution in [0.4, 0.5) is 0 Å². The molecule has 0 saturated carbocycles. The van der Waals surface area contributed by atoms with Crippen molar-refractivity contribution in [1.82, 2.24) is 15.3 Å². The van der Waals surface area contributed by atoms with Crippen molar-refractivity contribution in [3.8, 4) is 0 Å². The highest BCUT2D eigenvalue weighted by Gasteiger charge is 2.13. The summed E-state index contributed by atoms with van der Waals surface area (Å²) in [7, 11) is 0. The number of aryl methyl sites for hydroxylation is 3. The lowest BCUT2D eigenvalue weighted by atomic mass is 10.0. The van der Waals surface area contributed by atoms with E-state index in [4.69, 9.17) is 0 Å². The Balaban J connectivity index is 1.87. The first-order chi connectivity index (χ1) is 11.0. The summed E-state index contributed by atoms with van der Waals surface area (Å²) in [4.78, 5) is 21.4. The molecular formula is C18H19N3OS. The van der Waals surface area contributed by atoms with Gasteiger partial charge in [0.2, 0.25) is 0 Å². The van der Waals surface area contributed by atoms with Crippen LogP contribution in [0.25, 0.3) is 10.9 Å². The average Bonchev–Trinajstić information content (AvgIpc) is 3.00. The second-order valence-electron chi connectivity index (χ2n) is 5.77. The van der Waals surface area contributed by atoms with E-state index in [9.17, 15) is 4.79 Å². The Morgan fingerprint density at radius 2 is 2.04 bits per heavy atom. The first kappa shape index (κ1) is 15.6. The molecule has 1 N–H and O–H groups in total. The van der Waals surface area contributed by atoms with E-state index in [1.54, 1.807) is 11.3 Å². The van der Waals surface area contributed by atoms with Gasteiger partial charge in [-0.25, -0.2) is 4.98 Å². The van der Waals surface area contributed by atoms with Crippen LogP contribution in [0.2, 0.25) is 0 Å². The summed E-state index contributed by atoms with van der Waals surface area (Å²) in [6.07, 6.45) is 0.745. The van der Waals surface area contributed by atoms with E-state index >= 15 is 0 Å². The lowest BCUT2D eigenvalue weighted by Gasteiger charge is -2.11. The van der Waals surface area contributed by atoms with Crippen molar-refractivity contribution >= 4 is 28.1 Å². The molecule has 4 nitrogen and oxygen atoms in total. The van der Waals surface area contributed by atoms with Crippen LogP contribution in [-0.2, 0) is 6.42 Å². The zero-order chi connectivity index (χ0) is 16.4. The number of rotatable bonds is 4. The molecule has 0 bridgehead atoms. The Kier molecular flexibility index (Phi) is 4.39. The molecule has 0 aliphatic carbocycles. The van der Waals surface area contributed by atoms with E-state index in [-0.39, 0.29) is 5.91 Å². The fraction of sp³-hybridized carbons (Fsp3) is 0.278. The van der Waals surface area contributed by atoms with Gasteiger partial charge in [0.1, 0.15) is 0 Å². The molecule has 23 heavy (non-hydrogen) atoms. The van der Waals surface area contributed by atoms with Gasteiger partial charge in [-0.15, -0.1) is 11.3 Å². The predicted octanol–water partition coefficient (Wildman–Crippen LogP) is 3.59. The number of thiazole rings is 1. The van der Waals surface area contributed by atoms with Crippen molar-refractivity contribution in [2.75, 3.05) is 6.54 Å². The van der Waals surface area contributed by atoms with Crippen LogP contribution in [-0.4, -0.2) is 22.4 Å². The van der Waals surface area contributed by atoms with Gasteiger partial charge in [0.05, 0.1) is 22.3 Å². The van der Waals surface area contributed by atoms with Crippen molar-refractivity contribution in [2.45, 2.75) is 27.2 Å². The van der Waals surface area contributed by atoms with E-state index in [2.05, 4.69) is 21.4 Å². The molecule has 0 saturated heterocycles. The Morgan fingerprint density at radius 3 is 2.78 bits per heavy atom. The minimum absolute atomic E-state index is 0.0549. The predicted molar refractivity (Wildman–Crippen MR) is 94.1 cm³/mol. The van der Waals surface area contributed by atoms with E-state index in [0.717, 1.165) is 39.8 Å². The maximum absolute atomic E-state index is 12.6. The SMILES string of the molecule is Cc1cc(C)c2nc(C)cc(C(=O)NCCc3cscn3)c2c1. The van der Waals surface area contributed by atoms with Crippen LogP contribution < -0.4 is 5.32 Å². The molecule has 118 valence electrons. The Bertz CT molecular complexity index is 856. The smallest absolute Gasteiger partial charge is 0.252 e. The van der Waals surface area contributed by atoms with Gasteiger partial charge in [-0.05, 0) is 38.5 Å². The van der Waals surface area contributed by atoms with E-state index in [1.165, 1.54) is 0 Å². The molecule has 0 radical (unpaired) electrons. The third-order valence-electron chi connectivity index (χ3n) is 3.77. The summed E-state index contributed by atoms with van der Waals surface area (Å²) in [5, 5.41) is 5.91. The van der Waals surface area contributed by atoms with Crippen LogP contribution in [0.5, 0.6) is 0 Å². The minimum atomic E-state index is -0.0549. The molecule has 0 unspecified atom stereocenters. The van der Waals surface area contributed by atoms with Gasteiger partial charge in [0.25, 0.3) is 5.91 Å². The lowest BCUT2D eigenvalue weighted by Crippen LogP contribution is -2.26. The first-order valence-corrected chi connectivity index (χ1v) is 8.53. The number of carbonyl (C=O) groups is 1. The highest BCUT2D eigenvalue weighted by Crippen LogP contribution is 2.23. The number of nitrogens with one attached hydrogen (secondary N) is 1. The standard InChI is InChI=1S/C18H19N3OS/c1-11-6-12(2)17-15(7-11)16(8-13(3)21-17)18(22)19-5-4-14-9-23-10-20-14/h6-10H,4-5H2,1-3H3,(H,19,22). The summed E-state index contributed by atoms with van der Waals surface area (Å²) < 4.78 is 0. The summed E-state index contributed by atoms with van der Waals surface area (Å²) >= 11 is 1.57. The Hall–Kier alpha value is -2.27. The van der Waals surface area contributed by atoms with Crippen molar-refractivity contribution in [3.63, 3.8) is 0 Å². The number of amides is 1. The maximum atomic E-state index is 12.6. The maximum Gasteiger partial charge on any atom is 0.252 e. The number of benzene rings is 1. The molecule has 3 aromatic rings. The lowest BCUT2D eigenvalue weighted by molar-refractivity contribution is 0.0955. The molecule has 0 atom stereocenters. The number of pyridine rings is 1. The van der Waals surface area contributed by atoms with Crippen LogP contribution >= 0.6 is 11.3 Å². The number of carbonyl (C=O) groups excluding carboxylic acids is 1. The Morgan fingerprint density at radius 1 is 1.22 bits per heavy atom. The molecule has 0 aliphatic rings. The zero-order valence-corrected chi connectivity index (χ0v) is 14.3. The van der Waals surface area contributed by atoms with Gasteiger partial charge in [-0.2, -0.15) is 0 Å². The summed E-state index contributed by atoms with van der Waals surface area (Å²) in [6.45, 7) is 6.57. The molecule has 1 amide bonds. The first-order valence-electron chi connectivity index (χ1n) is 7.58. The fourth-order valence-corrected chi connectivity index (χ4v) is 3.35. The molecule has 0 aliphatic heterocycles. The summed E-state index contributed by atoms with van der Waals surface area (Å²) in [6, 6.07) is 5.99. The van der Waals surface area contributed by atoms with Crippen molar-refractivity contribution in [1.29, 1.82) is 0 Å². The minimum Gasteiger partial charge on any atom is -0.352 e. The van der Waals surface area contributed by atoms with Gasteiger partial charge < -0.3 is 5.32 Å². The molecule has 2 heterocycles. The van der Waals surface area contributed by atoms with Crippen LogP contribution in [0.3, 0.4) is 0 Å². The molecule has 3 rings (SSSR count). The highest BCUT2D eigenvalue weighted by atomic mass is 32.1. The normalized spacial score (nSPS) is 10.9. The van der Waals surface area contributed by atoms with E-state index in [1.807, 2.05) is 43.8 Å². The van der Waals surface area contributed by atoms with E-state index in [0.29, 0.717) is 12.1 Å². The summed E-state index contributed by atoms with van der Waals surface area (Å²) in [5.41, 5.74) is 7.50. The van der Waals surface area contributed by atoms with Gasteiger partial charge in [-0.3, -0.25) is 9.78 Å². The third kappa shape index (κ3) is 3.40. The van der Waals surface area contributed by atoms with Gasteiger partial charge in [0, 0.05) is 29.4 Å². The number of hydrogen-bond donors (Lipinski definition) is 1. The second kappa shape index (κ2) is 6.46. The van der Waals surface area contributed by atoms with Crippen molar-refractivity contribution < 1.29 is 4.79 Å². The second-order valence-corrected chi connectivity index (χ2v) is 6.49. The van der Waals surface area contributed by atoms with E-state index < -0.39 is 0 Å². The summed E-state index contributed by atoms with van der Waals surface area (Å²) in [5.74, 6) is -0.0549. The average molecular weight is 325 g/mol. The molecule has 0 spiro atoms. The Labute approximate surface area is 139 Å². The number of fused-ring (bicyclic) bond motifs is 1. The quantitative estimate of drug-likeness (QED) is 0.797. The number of nitrogens with zero attached hydrogens (tertiary/aromatic N) is 2. The highest BCUT2D eigenvalue weighted by molar-refractivity contribution is 7.07. The van der Waals surface area contributed by atoms with Crippen molar-refractivity contribution in [3.05, 3.63) is 57.2 Å². The third-order valence-corrected chi connectivity index (χ3v) is 4.41. The monoisotopic (exact) mass is 325 g/mol. The van der Waals surface area contributed by atoms with Crippen molar-refractivity contribution in [2.24, 2.45) is 0 Å². The molecule has 2 aromatic heterocycles. The fourth-order valence-electron chi connectivity index (χ4n) is 2.76. The van der Waals surface area contributed by atoms with Crippen LogP contribution in [0.15, 0.2) is 29.1 Å². The largest absolute Gasteiger partial charge is 0.352 e. The zero-order valence-electron chi connectivity index (χ0n) is 13.5. The topological polar surface area (TPSA) is 54.9 Å². The van der Waals surface area contributed by atoms with Gasteiger partial charge in [0.15, 0.2) is 0 Å². The van der Waals surface area contributed by atoms with Crippen LogP contribution in [0.1, 0.15) is 32.9 Å². The molecule has 0 fully saturated rings.